The van der Waals surface area contributed by atoms with Crippen LogP contribution in [0.5, 0.6) is 5.75 Å². The van der Waals surface area contributed by atoms with Crippen LogP contribution in [0.4, 0.5) is 0 Å². The van der Waals surface area contributed by atoms with E-state index in [2.05, 4.69) is 21.1 Å². The number of amidine groups is 1. The first-order valence-electron chi connectivity index (χ1n) is 6.11. The van der Waals surface area contributed by atoms with Crippen LogP contribution in [-0.2, 0) is 0 Å². The van der Waals surface area contributed by atoms with Crippen LogP contribution in [-0.4, -0.2) is 17.6 Å². The van der Waals surface area contributed by atoms with Crippen molar-refractivity contribution in [2.75, 3.05) is 6.61 Å². The van der Waals surface area contributed by atoms with E-state index in [4.69, 9.17) is 15.7 Å². The van der Waals surface area contributed by atoms with E-state index in [1.165, 1.54) is 19.3 Å². The first-order chi connectivity index (χ1) is 8.72. The third-order valence-electron chi connectivity index (χ3n) is 3.35. The van der Waals surface area contributed by atoms with Crippen molar-refractivity contribution in [3.8, 4) is 5.75 Å². The van der Waals surface area contributed by atoms with E-state index >= 15 is 0 Å². The lowest BCUT2D eigenvalue weighted by molar-refractivity contribution is 0.221. The molecule has 0 radical (unpaired) electrons. The highest BCUT2D eigenvalue weighted by Crippen LogP contribution is 2.30. The molecule has 98 valence electrons. The summed E-state index contributed by atoms with van der Waals surface area (Å²) in [5, 5.41) is 11.8. The van der Waals surface area contributed by atoms with Gasteiger partial charge in [0.05, 0.1) is 12.2 Å². The monoisotopic (exact) mass is 312 g/mol. The highest BCUT2D eigenvalue weighted by molar-refractivity contribution is 9.10. The fraction of sp³-hybridized carbons (Fsp3) is 0.462. The average molecular weight is 313 g/mol. The molecule has 0 atom stereocenters. The maximum atomic E-state index is 8.78. The highest BCUT2D eigenvalue weighted by Gasteiger charge is 2.18. The lowest BCUT2D eigenvalue weighted by Crippen LogP contribution is -2.18. The Morgan fingerprint density at radius 3 is 2.89 bits per heavy atom. The topological polar surface area (TPSA) is 67.8 Å². The average Bonchev–Trinajstić information content (AvgIpc) is 2.31. The maximum Gasteiger partial charge on any atom is 0.174 e. The van der Waals surface area contributed by atoms with Gasteiger partial charge >= 0.3 is 0 Å². The van der Waals surface area contributed by atoms with Crippen molar-refractivity contribution in [1.29, 1.82) is 0 Å². The molecule has 3 N–H and O–H groups in total. The molecule has 5 heteroatoms. The van der Waals surface area contributed by atoms with Crippen LogP contribution in [0, 0.1) is 5.92 Å². The Hall–Kier alpha value is -1.23. The summed E-state index contributed by atoms with van der Waals surface area (Å²) >= 11 is 3.38. The van der Waals surface area contributed by atoms with Crippen LogP contribution in [0.2, 0.25) is 0 Å². The molecule has 0 spiro atoms. The molecular weight excluding hydrogens is 296 g/mol. The summed E-state index contributed by atoms with van der Waals surface area (Å²) in [5.74, 6) is 1.52. The number of halogens is 1. The second kappa shape index (κ2) is 6.09. The van der Waals surface area contributed by atoms with E-state index < -0.39 is 0 Å². The zero-order chi connectivity index (χ0) is 13.0. The van der Waals surface area contributed by atoms with Crippen molar-refractivity contribution in [3.05, 3.63) is 28.2 Å². The highest BCUT2D eigenvalue weighted by atomic mass is 79.9. The number of nitrogens with zero attached hydrogens (tertiary/aromatic N) is 1. The molecule has 1 saturated carbocycles. The first kappa shape index (κ1) is 13.2. The number of oxime groups is 1. The molecule has 0 saturated heterocycles. The predicted octanol–water partition coefficient (Wildman–Crippen LogP) is 3.11. The molecule has 1 fully saturated rings. The smallest absolute Gasteiger partial charge is 0.174 e. The van der Waals surface area contributed by atoms with E-state index in [1.54, 1.807) is 0 Å². The van der Waals surface area contributed by atoms with E-state index in [-0.39, 0.29) is 5.84 Å². The maximum absolute atomic E-state index is 8.78. The van der Waals surface area contributed by atoms with Crippen LogP contribution < -0.4 is 10.5 Å². The fourth-order valence-corrected chi connectivity index (χ4v) is 2.59. The summed E-state index contributed by atoms with van der Waals surface area (Å²) in [6.07, 6.45) is 5.04. The van der Waals surface area contributed by atoms with Gasteiger partial charge in [-0.3, -0.25) is 0 Å². The number of ether oxygens (including phenoxy) is 1. The number of hydrogen-bond donors (Lipinski definition) is 2. The Kier molecular flexibility index (Phi) is 4.47. The van der Waals surface area contributed by atoms with Crippen LogP contribution >= 0.6 is 15.9 Å². The molecule has 0 aliphatic heterocycles. The van der Waals surface area contributed by atoms with Gasteiger partial charge in [-0.2, -0.15) is 0 Å². The largest absolute Gasteiger partial charge is 0.493 e. The van der Waals surface area contributed by atoms with E-state index in [9.17, 15) is 0 Å². The van der Waals surface area contributed by atoms with Crippen molar-refractivity contribution < 1.29 is 9.94 Å². The fourth-order valence-electron chi connectivity index (χ4n) is 2.04. The summed E-state index contributed by atoms with van der Waals surface area (Å²) in [5.41, 5.74) is 6.26. The van der Waals surface area contributed by atoms with E-state index in [1.807, 2.05) is 18.2 Å². The van der Waals surface area contributed by atoms with Gasteiger partial charge in [0.1, 0.15) is 5.75 Å². The Balaban J connectivity index is 2.04. The zero-order valence-corrected chi connectivity index (χ0v) is 11.7. The third-order valence-corrected chi connectivity index (χ3v) is 4.01. The van der Waals surface area contributed by atoms with Crippen LogP contribution in [0.15, 0.2) is 27.8 Å². The normalized spacial score (nSPS) is 16.4. The molecular formula is C13H17BrN2O2. The molecule has 0 unspecified atom stereocenters. The summed E-state index contributed by atoms with van der Waals surface area (Å²) < 4.78 is 6.51. The molecule has 2 rings (SSSR count). The van der Waals surface area contributed by atoms with E-state index in [0.29, 0.717) is 17.9 Å². The summed E-state index contributed by atoms with van der Waals surface area (Å²) in [4.78, 5) is 0. The number of nitrogens with two attached hydrogens (primary N) is 1. The molecule has 1 aromatic carbocycles. The first-order valence-corrected chi connectivity index (χ1v) is 6.91. The van der Waals surface area contributed by atoms with Crippen molar-refractivity contribution in [2.24, 2.45) is 16.8 Å². The number of benzene rings is 1. The Morgan fingerprint density at radius 1 is 1.50 bits per heavy atom. The van der Waals surface area contributed by atoms with Gasteiger partial charge in [0, 0.05) is 4.47 Å². The molecule has 0 aromatic heterocycles. The lowest BCUT2D eigenvalue weighted by atomic mass is 9.83. The number of hydrogen-bond acceptors (Lipinski definition) is 3. The third kappa shape index (κ3) is 2.96. The minimum atomic E-state index is 0.0566. The minimum Gasteiger partial charge on any atom is -0.493 e. The van der Waals surface area contributed by atoms with Gasteiger partial charge in [0.2, 0.25) is 0 Å². The van der Waals surface area contributed by atoms with Gasteiger partial charge in [-0.25, -0.2) is 0 Å². The second-order valence-electron chi connectivity index (χ2n) is 4.53. The molecule has 1 aliphatic carbocycles. The summed E-state index contributed by atoms with van der Waals surface area (Å²) in [7, 11) is 0. The molecule has 0 bridgehead atoms. The predicted molar refractivity (Wildman–Crippen MR) is 74.1 cm³/mol. The summed E-state index contributed by atoms with van der Waals surface area (Å²) in [6, 6.07) is 5.54. The van der Waals surface area contributed by atoms with Crippen LogP contribution in [0.3, 0.4) is 0 Å². The molecule has 0 amide bonds. The standard InChI is InChI=1S/C13H17BrN2O2/c14-10-5-2-6-11(12(10)13(15)16-17)18-8-7-9-3-1-4-9/h2,5-6,9,17H,1,3-4,7-8H2,(H2,15,16). The van der Waals surface area contributed by atoms with Crippen molar-refractivity contribution in [3.63, 3.8) is 0 Å². The Morgan fingerprint density at radius 2 is 2.28 bits per heavy atom. The van der Waals surface area contributed by atoms with Gasteiger partial charge in [-0.05, 0) is 40.4 Å². The van der Waals surface area contributed by atoms with Gasteiger partial charge in [0.25, 0.3) is 0 Å². The summed E-state index contributed by atoms with van der Waals surface area (Å²) in [6.45, 7) is 0.673. The molecule has 1 aromatic rings. The Bertz CT molecular complexity index is 445. The second-order valence-corrected chi connectivity index (χ2v) is 5.39. The quantitative estimate of drug-likeness (QED) is 0.380. The zero-order valence-electron chi connectivity index (χ0n) is 10.1. The molecule has 18 heavy (non-hydrogen) atoms. The van der Waals surface area contributed by atoms with Crippen LogP contribution in [0.25, 0.3) is 0 Å². The molecule has 0 heterocycles. The van der Waals surface area contributed by atoms with E-state index in [0.717, 1.165) is 16.8 Å². The molecule has 1 aliphatic rings. The number of rotatable bonds is 5. The van der Waals surface area contributed by atoms with Crippen molar-refractivity contribution in [2.45, 2.75) is 25.7 Å². The van der Waals surface area contributed by atoms with Gasteiger partial charge < -0.3 is 15.7 Å². The van der Waals surface area contributed by atoms with Crippen molar-refractivity contribution >= 4 is 21.8 Å². The van der Waals surface area contributed by atoms with Gasteiger partial charge in [-0.1, -0.05) is 30.5 Å². The Labute approximate surface area is 115 Å². The minimum absolute atomic E-state index is 0.0566. The lowest BCUT2D eigenvalue weighted by Gasteiger charge is -2.25. The SMILES string of the molecule is N/C(=N/O)c1c(Br)cccc1OCCC1CCC1. The molecule has 4 nitrogen and oxygen atoms in total. The van der Waals surface area contributed by atoms with Crippen molar-refractivity contribution in [1.82, 2.24) is 0 Å². The van der Waals surface area contributed by atoms with Gasteiger partial charge in [-0.15, -0.1) is 0 Å². The van der Waals surface area contributed by atoms with Crippen LogP contribution in [0.1, 0.15) is 31.2 Å². The van der Waals surface area contributed by atoms with Gasteiger partial charge in [0.15, 0.2) is 5.84 Å².